The fraction of sp³-hybridized carbons (Fsp3) is 0.400. The van der Waals surface area contributed by atoms with Gasteiger partial charge >= 0.3 is 5.97 Å². The van der Waals surface area contributed by atoms with E-state index in [9.17, 15) is 4.79 Å². The second-order valence-electron chi connectivity index (χ2n) is 4.97. The maximum atomic E-state index is 11.2. The molecule has 0 heterocycles. The Balaban J connectivity index is 0.00000324. The minimum absolute atomic E-state index is 0. The summed E-state index contributed by atoms with van der Waals surface area (Å²) >= 11 is 0. The van der Waals surface area contributed by atoms with Gasteiger partial charge < -0.3 is 21.6 Å². The summed E-state index contributed by atoms with van der Waals surface area (Å²) in [6.07, 6.45) is 3.13. The highest BCUT2D eigenvalue weighted by molar-refractivity contribution is 5.81. The highest BCUT2D eigenvalue weighted by atomic mass is 35.5. The van der Waals surface area contributed by atoms with Crippen LogP contribution in [-0.2, 0) is 16.1 Å². The predicted molar refractivity (Wildman–Crippen MR) is 72.9 cm³/mol. The molecule has 3 nitrogen and oxygen atoms in total. The number of ether oxygens (including phenoxy) is 1. The van der Waals surface area contributed by atoms with Crippen LogP contribution in [0.3, 0.4) is 0 Å². The van der Waals surface area contributed by atoms with E-state index in [-0.39, 0.29) is 18.4 Å². The van der Waals surface area contributed by atoms with E-state index in [0.717, 1.165) is 17.6 Å². The number of halogens is 1. The van der Waals surface area contributed by atoms with Crippen molar-refractivity contribution in [3.8, 4) is 0 Å². The third-order valence-electron chi connectivity index (χ3n) is 2.70. The van der Waals surface area contributed by atoms with Crippen LogP contribution in [0.1, 0.15) is 12.5 Å². The third kappa shape index (κ3) is 7.65. The third-order valence-corrected chi connectivity index (χ3v) is 2.70. The number of quaternary nitrogens is 1. The minimum Gasteiger partial charge on any atom is -1.00 e. The monoisotopic (exact) mass is 283 g/mol. The van der Waals surface area contributed by atoms with Gasteiger partial charge in [-0.3, -0.25) is 0 Å². The fourth-order valence-electron chi connectivity index (χ4n) is 1.73. The van der Waals surface area contributed by atoms with Crippen molar-refractivity contribution in [3.63, 3.8) is 0 Å². The molecule has 106 valence electrons. The largest absolute Gasteiger partial charge is 1.00 e. The van der Waals surface area contributed by atoms with E-state index >= 15 is 0 Å². The molecule has 1 aromatic rings. The van der Waals surface area contributed by atoms with Gasteiger partial charge in [0.25, 0.3) is 0 Å². The van der Waals surface area contributed by atoms with Crippen LogP contribution in [-0.4, -0.2) is 37.7 Å². The minimum atomic E-state index is -0.266. The van der Waals surface area contributed by atoms with Crippen LogP contribution in [0, 0.1) is 0 Å². The molecule has 0 bridgehead atoms. The van der Waals surface area contributed by atoms with Crippen LogP contribution >= 0.6 is 0 Å². The second-order valence-corrected chi connectivity index (χ2v) is 4.97. The lowest BCUT2D eigenvalue weighted by Crippen LogP contribution is -3.00. The van der Waals surface area contributed by atoms with Gasteiger partial charge in [0.05, 0.1) is 14.1 Å². The normalized spacial score (nSPS) is 11.1. The molecule has 0 aromatic heterocycles. The summed E-state index contributed by atoms with van der Waals surface area (Å²) in [5, 5.41) is 0. The van der Waals surface area contributed by atoms with Crippen LogP contribution in [0.15, 0.2) is 42.5 Å². The number of hydrogen-bond donors (Lipinski definition) is 0. The standard InChI is InChI=1S/C15H22NO2.ClH/c1-4-8-15(17)18-12-11-16(2,3)13-14-9-6-5-7-10-14;/h4-10H,11-13H2,1-3H3;1H/q+1;/p-1. The maximum Gasteiger partial charge on any atom is 0.330 e. The molecule has 0 amide bonds. The van der Waals surface area contributed by atoms with Crippen molar-refractivity contribution in [1.29, 1.82) is 0 Å². The van der Waals surface area contributed by atoms with Crippen molar-refractivity contribution in [3.05, 3.63) is 48.0 Å². The van der Waals surface area contributed by atoms with Gasteiger partial charge in [-0.2, -0.15) is 0 Å². The molecule has 0 saturated carbocycles. The first kappa shape index (κ1) is 17.7. The number of benzene rings is 1. The van der Waals surface area contributed by atoms with Crippen molar-refractivity contribution in [2.45, 2.75) is 13.5 Å². The summed E-state index contributed by atoms with van der Waals surface area (Å²) in [5.41, 5.74) is 1.29. The molecule has 0 atom stereocenters. The molecule has 19 heavy (non-hydrogen) atoms. The second kappa shape index (κ2) is 8.73. The maximum absolute atomic E-state index is 11.2. The van der Waals surface area contributed by atoms with Gasteiger partial charge in [0.2, 0.25) is 0 Å². The van der Waals surface area contributed by atoms with E-state index in [2.05, 4.69) is 26.2 Å². The molecular weight excluding hydrogens is 262 g/mol. The molecule has 1 rings (SSSR count). The van der Waals surface area contributed by atoms with Gasteiger partial charge in [0.1, 0.15) is 19.7 Å². The Labute approximate surface area is 121 Å². The Morgan fingerprint density at radius 3 is 2.47 bits per heavy atom. The van der Waals surface area contributed by atoms with Crippen molar-refractivity contribution in [2.75, 3.05) is 27.2 Å². The van der Waals surface area contributed by atoms with E-state index in [1.165, 1.54) is 11.6 Å². The molecule has 0 saturated heterocycles. The van der Waals surface area contributed by atoms with E-state index in [1.54, 1.807) is 13.0 Å². The van der Waals surface area contributed by atoms with E-state index in [1.807, 2.05) is 18.2 Å². The molecule has 1 aromatic carbocycles. The number of carbonyl (C=O) groups is 1. The Kier molecular flexibility index (Phi) is 8.12. The quantitative estimate of drug-likeness (QED) is 0.395. The SMILES string of the molecule is CC=CC(=O)OCC[N+](C)(C)Cc1ccccc1.[Cl-]. The van der Waals surface area contributed by atoms with Crippen LogP contribution in [0.5, 0.6) is 0 Å². The van der Waals surface area contributed by atoms with Crippen molar-refractivity contribution in [1.82, 2.24) is 0 Å². The Morgan fingerprint density at radius 1 is 1.26 bits per heavy atom. The molecule has 0 spiro atoms. The van der Waals surface area contributed by atoms with Crippen molar-refractivity contribution in [2.24, 2.45) is 0 Å². The summed E-state index contributed by atoms with van der Waals surface area (Å²) in [6, 6.07) is 10.3. The highest BCUT2D eigenvalue weighted by Crippen LogP contribution is 2.08. The number of allylic oxidation sites excluding steroid dienone is 1. The summed E-state index contributed by atoms with van der Waals surface area (Å²) < 4.78 is 5.91. The molecule has 0 aliphatic heterocycles. The van der Waals surface area contributed by atoms with Crippen LogP contribution in [0.25, 0.3) is 0 Å². The van der Waals surface area contributed by atoms with E-state index < -0.39 is 0 Å². The van der Waals surface area contributed by atoms with Crippen molar-refractivity contribution < 1.29 is 26.4 Å². The molecular formula is C15H22ClNO2. The number of esters is 1. The predicted octanol–water partition coefficient (Wildman–Crippen LogP) is -0.614. The average Bonchev–Trinajstić information content (AvgIpc) is 2.29. The molecule has 0 unspecified atom stereocenters. The van der Waals surface area contributed by atoms with Crippen LogP contribution in [0.4, 0.5) is 0 Å². The lowest BCUT2D eigenvalue weighted by atomic mass is 10.2. The van der Waals surface area contributed by atoms with Gasteiger partial charge in [-0.05, 0) is 6.92 Å². The Bertz CT molecular complexity index is 402. The number of rotatable bonds is 6. The molecule has 4 heteroatoms. The van der Waals surface area contributed by atoms with Crippen LogP contribution < -0.4 is 12.4 Å². The first-order chi connectivity index (χ1) is 8.53. The number of likely N-dealkylation sites (N-methyl/N-ethyl adjacent to an activating group) is 1. The molecule has 0 radical (unpaired) electrons. The summed E-state index contributed by atoms with van der Waals surface area (Å²) in [6.45, 7) is 3.99. The van der Waals surface area contributed by atoms with Gasteiger partial charge in [0, 0.05) is 11.6 Å². The number of carbonyl (C=O) groups excluding carboxylic acids is 1. The van der Waals surface area contributed by atoms with E-state index in [4.69, 9.17) is 4.74 Å². The molecule has 0 N–H and O–H groups in total. The zero-order chi connectivity index (χ0) is 13.4. The van der Waals surface area contributed by atoms with Crippen LogP contribution in [0.2, 0.25) is 0 Å². The van der Waals surface area contributed by atoms with Gasteiger partial charge in [-0.25, -0.2) is 4.79 Å². The van der Waals surface area contributed by atoms with Gasteiger partial charge in [-0.1, -0.05) is 36.4 Å². The smallest absolute Gasteiger partial charge is 0.330 e. The first-order valence-corrected chi connectivity index (χ1v) is 6.19. The van der Waals surface area contributed by atoms with E-state index in [0.29, 0.717) is 6.61 Å². The molecule has 0 aliphatic rings. The zero-order valence-electron chi connectivity index (χ0n) is 11.8. The topological polar surface area (TPSA) is 26.3 Å². The summed E-state index contributed by atoms with van der Waals surface area (Å²) in [4.78, 5) is 11.2. The Hall–Kier alpha value is -1.32. The highest BCUT2D eigenvalue weighted by Gasteiger charge is 2.16. The fourth-order valence-corrected chi connectivity index (χ4v) is 1.73. The Morgan fingerprint density at radius 2 is 1.89 bits per heavy atom. The lowest BCUT2D eigenvalue weighted by Gasteiger charge is -2.29. The molecule has 0 aliphatic carbocycles. The van der Waals surface area contributed by atoms with Gasteiger partial charge in [-0.15, -0.1) is 0 Å². The molecule has 0 fully saturated rings. The lowest BCUT2D eigenvalue weighted by molar-refractivity contribution is -0.903. The number of nitrogens with zero attached hydrogens (tertiary/aromatic N) is 1. The summed E-state index contributed by atoms with van der Waals surface area (Å²) in [7, 11) is 4.27. The average molecular weight is 284 g/mol. The van der Waals surface area contributed by atoms with Crippen molar-refractivity contribution >= 4 is 5.97 Å². The first-order valence-electron chi connectivity index (χ1n) is 6.19. The van der Waals surface area contributed by atoms with Gasteiger partial charge in [0.15, 0.2) is 0 Å². The zero-order valence-corrected chi connectivity index (χ0v) is 12.6. The summed E-state index contributed by atoms with van der Waals surface area (Å²) in [5.74, 6) is -0.266. The number of hydrogen-bond acceptors (Lipinski definition) is 2.